The lowest BCUT2D eigenvalue weighted by Crippen LogP contribution is -1.89. The molecule has 0 atom stereocenters. The van der Waals surface area contributed by atoms with Crippen molar-refractivity contribution >= 4 is 12.0 Å². The number of phenolic OH excluding ortho intramolecular Hbond substituents is 1. The second-order valence-electron chi connectivity index (χ2n) is 2.73. The Bertz CT molecular complexity index is 412. The number of carboxylic acid groups (broad SMARTS) is 1. The molecule has 0 fully saturated rings. The van der Waals surface area contributed by atoms with E-state index in [0.29, 0.717) is 5.56 Å². The molecule has 80 valence electrons. The molecular formula is C10H9FO4. The maximum atomic E-state index is 13.0. The van der Waals surface area contributed by atoms with Crippen molar-refractivity contribution in [3.05, 3.63) is 29.6 Å². The van der Waals surface area contributed by atoms with Gasteiger partial charge in [-0.05, 0) is 23.8 Å². The van der Waals surface area contributed by atoms with Gasteiger partial charge in [0.1, 0.15) is 0 Å². The predicted octanol–water partition coefficient (Wildman–Crippen LogP) is 1.64. The van der Waals surface area contributed by atoms with Crippen molar-refractivity contribution < 1.29 is 24.1 Å². The first-order chi connectivity index (χ1) is 7.04. The molecule has 0 spiro atoms. The molecule has 0 aliphatic rings. The van der Waals surface area contributed by atoms with Gasteiger partial charge in [-0.25, -0.2) is 9.18 Å². The van der Waals surface area contributed by atoms with E-state index < -0.39 is 17.5 Å². The molecule has 0 bridgehead atoms. The quantitative estimate of drug-likeness (QED) is 0.747. The van der Waals surface area contributed by atoms with Crippen molar-refractivity contribution in [3.8, 4) is 11.5 Å². The standard InChI is InChI=1S/C10H9FO4/c1-15-8-5-6(2-3-9(12)13)4-7(11)10(8)14/h2-5,14H,1H3,(H,12,13)/b3-2+. The molecule has 0 unspecified atom stereocenters. The van der Waals surface area contributed by atoms with Gasteiger partial charge < -0.3 is 14.9 Å². The number of hydrogen-bond donors (Lipinski definition) is 2. The molecule has 1 aromatic carbocycles. The molecule has 2 N–H and O–H groups in total. The lowest BCUT2D eigenvalue weighted by molar-refractivity contribution is -0.131. The van der Waals surface area contributed by atoms with Gasteiger partial charge in [-0.1, -0.05) is 0 Å². The summed E-state index contributed by atoms with van der Waals surface area (Å²) in [6.07, 6.45) is 2.07. The third-order valence-corrected chi connectivity index (χ3v) is 1.69. The smallest absolute Gasteiger partial charge is 0.328 e. The van der Waals surface area contributed by atoms with E-state index in [1.807, 2.05) is 0 Å². The maximum Gasteiger partial charge on any atom is 0.328 e. The first kappa shape index (κ1) is 11.0. The van der Waals surface area contributed by atoms with E-state index in [4.69, 9.17) is 14.9 Å². The Morgan fingerprint density at radius 2 is 2.20 bits per heavy atom. The number of halogens is 1. The van der Waals surface area contributed by atoms with Gasteiger partial charge in [0, 0.05) is 6.08 Å². The number of hydrogen-bond acceptors (Lipinski definition) is 3. The summed E-state index contributed by atoms with van der Waals surface area (Å²) in [5.41, 5.74) is 0.296. The number of benzene rings is 1. The van der Waals surface area contributed by atoms with Crippen molar-refractivity contribution in [1.82, 2.24) is 0 Å². The molecule has 0 heterocycles. The molecule has 0 saturated carbocycles. The van der Waals surface area contributed by atoms with Crippen LogP contribution in [-0.2, 0) is 4.79 Å². The lowest BCUT2D eigenvalue weighted by atomic mass is 10.2. The van der Waals surface area contributed by atoms with Gasteiger partial charge in [0.25, 0.3) is 0 Å². The van der Waals surface area contributed by atoms with Gasteiger partial charge >= 0.3 is 5.97 Å². The van der Waals surface area contributed by atoms with Crippen LogP contribution in [0.5, 0.6) is 11.5 Å². The average molecular weight is 212 g/mol. The van der Waals surface area contributed by atoms with Gasteiger partial charge in [-0.2, -0.15) is 0 Å². The molecule has 0 radical (unpaired) electrons. The number of phenols is 1. The topological polar surface area (TPSA) is 66.8 Å². The summed E-state index contributed by atoms with van der Waals surface area (Å²) in [6.45, 7) is 0. The van der Waals surface area contributed by atoms with E-state index in [0.717, 1.165) is 12.1 Å². The number of aliphatic carboxylic acids is 1. The van der Waals surface area contributed by atoms with Crippen molar-refractivity contribution in [2.24, 2.45) is 0 Å². The summed E-state index contributed by atoms with van der Waals surface area (Å²) in [4.78, 5) is 10.2. The largest absolute Gasteiger partial charge is 0.502 e. The summed E-state index contributed by atoms with van der Waals surface area (Å²) in [7, 11) is 1.28. The van der Waals surface area contributed by atoms with Gasteiger partial charge in [-0.15, -0.1) is 0 Å². The lowest BCUT2D eigenvalue weighted by Gasteiger charge is -2.04. The van der Waals surface area contributed by atoms with Crippen LogP contribution in [0.4, 0.5) is 4.39 Å². The van der Waals surface area contributed by atoms with Gasteiger partial charge in [0.05, 0.1) is 7.11 Å². The zero-order valence-electron chi connectivity index (χ0n) is 7.90. The monoisotopic (exact) mass is 212 g/mol. The molecule has 0 aliphatic heterocycles. The Labute approximate surface area is 85.2 Å². The summed E-state index contributed by atoms with van der Waals surface area (Å²) in [5.74, 6) is -2.63. The molecule has 0 aliphatic carbocycles. The third kappa shape index (κ3) is 2.70. The van der Waals surface area contributed by atoms with Gasteiger partial charge in [-0.3, -0.25) is 0 Å². The minimum absolute atomic E-state index is 0.0416. The molecular weight excluding hydrogens is 203 g/mol. The SMILES string of the molecule is COc1cc(/C=C/C(=O)O)cc(F)c1O. The first-order valence-corrected chi connectivity index (χ1v) is 4.02. The third-order valence-electron chi connectivity index (χ3n) is 1.69. The zero-order chi connectivity index (χ0) is 11.4. The first-order valence-electron chi connectivity index (χ1n) is 4.02. The number of ether oxygens (including phenoxy) is 1. The van der Waals surface area contributed by atoms with Crippen LogP contribution in [0.2, 0.25) is 0 Å². The second-order valence-corrected chi connectivity index (χ2v) is 2.73. The van der Waals surface area contributed by atoms with Crippen LogP contribution < -0.4 is 4.74 Å². The Balaban J connectivity index is 3.11. The van der Waals surface area contributed by atoms with Crippen molar-refractivity contribution in [2.75, 3.05) is 7.11 Å². The van der Waals surface area contributed by atoms with E-state index in [1.54, 1.807) is 0 Å². The van der Waals surface area contributed by atoms with Crippen LogP contribution in [0.3, 0.4) is 0 Å². The Morgan fingerprint density at radius 3 is 2.73 bits per heavy atom. The molecule has 1 aromatic rings. The Kier molecular flexibility index (Phi) is 3.28. The van der Waals surface area contributed by atoms with Crippen molar-refractivity contribution in [3.63, 3.8) is 0 Å². The molecule has 0 aromatic heterocycles. The van der Waals surface area contributed by atoms with Crippen LogP contribution in [0.15, 0.2) is 18.2 Å². The van der Waals surface area contributed by atoms with Crippen molar-refractivity contribution in [1.29, 1.82) is 0 Å². The van der Waals surface area contributed by atoms with E-state index in [1.165, 1.54) is 19.3 Å². The van der Waals surface area contributed by atoms with Crippen LogP contribution in [0, 0.1) is 5.82 Å². The number of methoxy groups -OCH3 is 1. The Morgan fingerprint density at radius 1 is 1.53 bits per heavy atom. The highest BCUT2D eigenvalue weighted by atomic mass is 19.1. The van der Waals surface area contributed by atoms with Crippen LogP contribution in [-0.4, -0.2) is 23.3 Å². The molecule has 15 heavy (non-hydrogen) atoms. The fourth-order valence-electron chi connectivity index (χ4n) is 1.01. The second kappa shape index (κ2) is 4.45. The number of carbonyl (C=O) groups is 1. The molecule has 4 nitrogen and oxygen atoms in total. The number of rotatable bonds is 3. The average Bonchev–Trinajstić information content (AvgIpc) is 2.19. The van der Waals surface area contributed by atoms with Gasteiger partial charge in [0.2, 0.25) is 0 Å². The summed E-state index contributed by atoms with van der Waals surface area (Å²) >= 11 is 0. The fraction of sp³-hybridized carbons (Fsp3) is 0.100. The predicted molar refractivity (Wildman–Crippen MR) is 51.3 cm³/mol. The summed E-state index contributed by atoms with van der Waals surface area (Å²) in [5, 5.41) is 17.5. The highest BCUT2D eigenvalue weighted by Crippen LogP contribution is 2.30. The summed E-state index contributed by atoms with van der Waals surface area (Å²) in [6, 6.07) is 2.34. The Hall–Kier alpha value is -2.04. The molecule has 1 rings (SSSR count). The van der Waals surface area contributed by atoms with Crippen molar-refractivity contribution in [2.45, 2.75) is 0 Å². The minimum atomic E-state index is -1.14. The maximum absolute atomic E-state index is 13.0. The minimum Gasteiger partial charge on any atom is -0.502 e. The fourth-order valence-corrected chi connectivity index (χ4v) is 1.01. The molecule has 5 heteroatoms. The van der Waals surface area contributed by atoms with Crippen LogP contribution >= 0.6 is 0 Å². The number of carboxylic acids is 1. The van der Waals surface area contributed by atoms with E-state index in [-0.39, 0.29) is 5.75 Å². The van der Waals surface area contributed by atoms with E-state index >= 15 is 0 Å². The number of aromatic hydroxyl groups is 1. The highest BCUT2D eigenvalue weighted by molar-refractivity contribution is 5.85. The van der Waals surface area contributed by atoms with Gasteiger partial charge in [0.15, 0.2) is 17.3 Å². The molecule has 0 amide bonds. The van der Waals surface area contributed by atoms with Crippen LogP contribution in [0.1, 0.15) is 5.56 Å². The highest BCUT2D eigenvalue weighted by Gasteiger charge is 2.08. The molecule has 0 saturated heterocycles. The van der Waals surface area contributed by atoms with E-state index in [9.17, 15) is 9.18 Å². The normalized spacial score (nSPS) is 10.5. The summed E-state index contributed by atoms with van der Waals surface area (Å²) < 4.78 is 17.7. The zero-order valence-corrected chi connectivity index (χ0v) is 7.90. The van der Waals surface area contributed by atoms with Crippen LogP contribution in [0.25, 0.3) is 6.08 Å². The van der Waals surface area contributed by atoms with E-state index in [2.05, 4.69) is 0 Å².